The van der Waals surface area contributed by atoms with Crippen LogP contribution in [0.2, 0.25) is 8.76 Å². The Morgan fingerprint density at radius 3 is 1.72 bits per heavy atom. The van der Waals surface area contributed by atoms with Crippen LogP contribution >= 0.6 is 0 Å². The molecule has 1 saturated carbocycles. The fourth-order valence-electron chi connectivity index (χ4n) is 7.12. The molecule has 2 aliphatic carbocycles. The molecule has 0 bridgehead atoms. The van der Waals surface area contributed by atoms with E-state index in [1.54, 1.807) is 10.8 Å². The molecule has 1 aromatic carbocycles. The van der Waals surface area contributed by atoms with Crippen LogP contribution in [0, 0.1) is 5.92 Å². The molecule has 0 spiro atoms. The van der Waals surface area contributed by atoms with Gasteiger partial charge in [0.1, 0.15) is 0 Å². The van der Waals surface area contributed by atoms with Gasteiger partial charge in [0, 0.05) is 0 Å². The molecule has 220 valence electrons. The number of fused-ring (bicyclic) bond motifs is 1. The first-order valence-corrected chi connectivity index (χ1v) is 17.9. The minimum Gasteiger partial charge on any atom is -1.00 e. The van der Waals surface area contributed by atoms with Gasteiger partial charge in [-0.2, -0.15) is 0 Å². The third-order valence-corrected chi connectivity index (χ3v) is 14.2. The normalized spacial score (nSPS) is 23.6. The molecule has 5 heteroatoms. The fraction of sp³-hybridized carbons (Fsp3) is 0.706. The predicted molar refractivity (Wildman–Crippen MR) is 160 cm³/mol. The summed E-state index contributed by atoms with van der Waals surface area (Å²) in [7, 11) is -0.335. The van der Waals surface area contributed by atoms with Crippen molar-refractivity contribution in [1.82, 2.24) is 0 Å². The summed E-state index contributed by atoms with van der Waals surface area (Å²) in [4.78, 5) is 0. The molecule has 3 rings (SSSR count). The minimum absolute atomic E-state index is 0. The van der Waals surface area contributed by atoms with Gasteiger partial charge in [0.25, 0.3) is 0 Å². The molecule has 0 heterocycles. The summed E-state index contributed by atoms with van der Waals surface area (Å²) >= 11 is 2.60. The second-order valence-electron chi connectivity index (χ2n) is 12.3. The van der Waals surface area contributed by atoms with Crippen molar-refractivity contribution >= 4 is 14.7 Å². The maximum absolute atomic E-state index is 2.60. The first kappa shape index (κ1) is 39.5. The van der Waals surface area contributed by atoms with Gasteiger partial charge >= 0.3 is 188 Å². The van der Waals surface area contributed by atoms with Crippen molar-refractivity contribution < 1.29 is 57.7 Å². The van der Waals surface area contributed by atoms with Crippen LogP contribution in [0.4, 0.5) is 0 Å². The van der Waals surface area contributed by atoms with E-state index in [-0.39, 0.29) is 46.7 Å². The molecule has 3 unspecified atom stereocenters. The van der Waals surface area contributed by atoms with Crippen molar-refractivity contribution in [3.63, 3.8) is 0 Å². The van der Waals surface area contributed by atoms with Crippen LogP contribution in [0.15, 0.2) is 54.1 Å². The van der Waals surface area contributed by atoms with Gasteiger partial charge < -0.3 is 37.2 Å². The van der Waals surface area contributed by atoms with E-state index in [4.69, 9.17) is 0 Å². The van der Waals surface area contributed by atoms with E-state index in [0.717, 1.165) is 5.92 Å². The van der Waals surface area contributed by atoms with Crippen LogP contribution in [0.25, 0.3) is 0 Å². The summed E-state index contributed by atoms with van der Waals surface area (Å²) in [6.07, 6.45) is 34.7. The standard InChI is InChI=1S/C34H55Si.3ClH.Ti/c1-3-4-5-6-7-8-9-10-11-12-13-14-15-16-17-23-28-34(35-32-25-19-18-20-26-32)29-31-24-21-22-27-33(31)30(34)2;;;;/h18-22,25-27,31H,3-17,23-24,28-29,35H2,1-2H3;3*1H;/q;;;;+3/p-3. The number of unbranched alkanes of at least 4 members (excludes halogenated alkanes) is 15. The summed E-state index contributed by atoms with van der Waals surface area (Å²) in [5.41, 5.74) is 1.77. The van der Waals surface area contributed by atoms with Gasteiger partial charge in [-0.25, -0.2) is 0 Å². The molecule has 0 N–H and O–H groups in total. The third-order valence-electron chi connectivity index (χ3n) is 9.44. The molecule has 0 aromatic heterocycles. The zero-order chi connectivity index (χ0) is 25.5. The number of benzene rings is 1. The Hall–Kier alpha value is 0.501. The van der Waals surface area contributed by atoms with Gasteiger partial charge in [0.05, 0.1) is 0 Å². The van der Waals surface area contributed by atoms with E-state index in [1.165, 1.54) is 122 Å². The van der Waals surface area contributed by atoms with E-state index < -0.39 is 0 Å². The Balaban J connectivity index is 0.00000481. The minimum atomic E-state index is -0.335. The zero-order valence-corrected chi connectivity index (χ0v) is 30.2. The molecule has 0 aliphatic heterocycles. The molecule has 1 aromatic rings. The van der Waals surface area contributed by atoms with E-state index in [1.807, 2.05) is 0 Å². The van der Waals surface area contributed by atoms with Crippen LogP contribution in [0.3, 0.4) is 0 Å². The van der Waals surface area contributed by atoms with E-state index >= 15 is 0 Å². The molecule has 39 heavy (non-hydrogen) atoms. The van der Waals surface area contributed by atoms with Crippen molar-refractivity contribution in [3.05, 3.63) is 54.1 Å². The summed E-state index contributed by atoms with van der Waals surface area (Å²) in [6.45, 7) is 4.90. The molecule has 0 saturated heterocycles. The fourth-order valence-corrected chi connectivity index (χ4v) is 11.1. The van der Waals surface area contributed by atoms with Crippen molar-refractivity contribution in [1.29, 1.82) is 0 Å². The van der Waals surface area contributed by atoms with Crippen molar-refractivity contribution in [2.24, 2.45) is 5.92 Å². The molecule has 2 aliphatic rings. The zero-order valence-electron chi connectivity index (χ0n) is 25.0. The van der Waals surface area contributed by atoms with Gasteiger partial charge in [-0.05, 0) is 0 Å². The monoisotopic (exact) mass is 644 g/mol. The van der Waals surface area contributed by atoms with Crippen LogP contribution in [0.5, 0.6) is 0 Å². The number of allylic oxidation sites excluding steroid dienone is 4. The molecular formula is C34H55Cl3SiTi. The van der Waals surface area contributed by atoms with Gasteiger partial charge in [-0.1, -0.05) is 51.9 Å². The van der Waals surface area contributed by atoms with Crippen molar-refractivity contribution in [2.75, 3.05) is 0 Å². The summed E-state index contributed by atoms with van der Waals surface area (Å²) in [5, 5.41) is 2.22. The smallest absolute Gasteiger partial charge is 1.00 e. The number of hydrogen-bond donors (Lipinski definition) is 0. The Bertz CT molecular complexity index is 795. The van der Waals surface area contributed by atoms with Crippen molar-refractivity contribution in [2.45, 2.75) is 145 Å². The number of rotatable bonds is 19. The Morgan fingerprint density at radius 1 is 0.744 bits per heavy atom. The summed E-state index contributed by atoms with van der Waals surface area (Å²) < 4.78 is 0.361. The molecule has 3 atom stereocenters. The molecular weight excluding hydrogens is 591 g/mol. The molecule has 1 fully saturated rings. The molecule has 0 nitrogen and oxygen atoms in total. The number of halogens is 3. The van der Waals surface area contributed by atoms with Gasteiger partial charge in [0.2, 0.25) is 0 Å². The third kappa shape index (κ3) is 12.7. The average Bonchev–Trinajstić information content (AvgIpc) is 3.10. The summed E-state index contributed by atoms with van der Waals surface area (Å²) in [5.74, 6) is 0.808. The largest absolute Gasteiger partial charge is 1.00 e. The van der Waals surface area contributed by atoms with E-state index in [2.05, 4.69) is 82.8 Å². The first-order valence-electron chi connectivity index (χ1n) is 15.8. The Labute approximate surface area is 275 Å². The topological polar surface area (TPSA) is 0 Å². The van der Waals surface area contributed by atoms with Crippen LogP contribution in [-0.2, 0) is 20.4 Å². The quantitative estimate of drug-likeness (QED) is 0.155. The molecule has 0 amide bonds. The second kappa shape index (κ2) is 22.1. The SMILES string of the molecule is CCCCCCCCCCCCCCCCCCC1([SiH2]c2ccccc2)CC2CC=CC=C2[C]1(C)[Ti+3].[Cl-].[Cl-].[Cl-]. The summed E-state index contributed by atoms with van der Waals surface area (Å²) in [6, 6.07) is 11.6. The molecule has 0 radical (unpaired) electrons. The average molecular weight is 646 g/mol. The van der Waals surface area contributed by atoms with Gasteiger partial charge in [-0.3, -0.25) is 0 Å². The number of hydrogen-bond acceptors (Lipinski definition) is 0. The van der Waals surface area contributed by atoms with Crippen LogP contribution < -0.4 is 42.4 Å². The Kier molecular flexibility index (Phi) is 22.4. The predicted octanol–water partition coefficient (Wildman–Crippen LogP) is 0.935. The van der Waals surface area contributed by atoms with Crippen LogP contribution in [0.1, 0.15) is 136 Å². The maximum atomic E-state index is 2.60. The Morgan fingerprint density at radius 2 is 1.23 bits per heavy atom. The maximum Gasteiger partial charge on any atom is -1.00 e. The van der Waals surface area contributed by atoms with Gasteiger partial charge in [0.15, 0.2) is 0 Å². The first-order chi connectivity index (χ1) is 17.6. The van der Waals surface area contributed by atoms with Gasteiger partial charge in [-0.15, -0.1) is 0 Å². The second-order valence-corrected chi connectivity index (χ2v) is 16.4. The van der Waals surface area contributed by atoms with E-state index in [0.29, 0.717) is 8.76 Å². The van der Waals surface area contributed by atoms with Crippen molar-refractivity contribution in [3.8, 4) is 0 Å². The van der Waals surface area contributed by atoms with E-state index in [9.17, 15) is 0 Å². The van der Waals surface area contributed by atoms with Crippen LogP contribution in [-0.4, -0.2) is 9.52 Å².